The number of hydrogen-bond donors (Lipinski definition) is 2. The van der Waals surface area contributed by atoms with Crippen LogP contribution < -0.4 is 10.0 Å². The second-order valence-corrected chi connectivity index (χ2v) is 7.21. The van der Waals surface area contributed by atoms with Gasteiger partial charge in [-0.2, -0.15) is 12.7 Å². The van der Waals surface area contributed by atoms with Crippen LogP contribution in [-0.4, -0.2) is 39.4 Å². The van der Waals surface area contributed by atoms with Crippen LogP contribution in [0.2, 0.25) is 5.02 Å². The molecule has 1 aromatic rings. The summed E-state index contributed by atoms with van der Waals surface area (Å²) in [6, 6.07) is 3.59. The minimum atomic E-state index is -3.70. The molecule has 1 aliphatic heterocycles. The first-order valence-corrected chi connectivity index (χ1v) is 8.61. The average Bonchev–Trinajstić information content (AvgIpc) is 2.44. The van der Waals surface area contributed by atoms with E-state index < -0.39 is 16.0 Å². The van der Waals surface area contributed by atoms with Crippen molar-refractivity contribution in [2.24, 2.45) is 5.92 Å². The van der Waals surface area contributed by atoms with Crippen LogP contribution in [0.3, 0.4) is 0 Å². The minimum Gasteiger partial charge on any atom is -0.319 e. The lowest BCUT2D eigenvalue weighted by Gasteiger charge is -2.31. The molecule has 0 aliphatic carbocycles. The summed E-state index contributed by atoms with van der Waals surface area (Å²) in [6.07, 6.45) is 1.61. The second kappa shape index (κ2) is 6.91. The molecule has 21 heavy (non-hydrogen) atoms. The molecule has 118 valence electrons. The van der Waals surface area contributed by atoms with E-state index in [-0.39, 0.29) is 10.7 Å². The van der Waals surface area contributed by atoms with Gasteiger partial charge in [-0.25, -0.2) is 4.39 Å². The van der Waals surface area contributed by atoms with Crippen LogP contribution in [0.4, 0.5) is 10.1 Å². The Morgan fingerprint density at radius 2 is 2.05 bits per heavy atom. The Bertz CT molecular complexity index is 589. The molecule has 1 fully saturated rings. The van der Waals surface area contributed by atoms with Crippen molar-refractivity contribution < 1.29 is 12.8 Å². The fraction of sp³-hybridized carbons (Fsp3) is 0.538. The molecule has 2 rings (SSSR count). The first-order valence-electron chi connectivity index (χ1n) is 6.80. The van der Waals surface area contributed by atoms with E-state index in [4.69, 9.17) is 11.6 Å². The van der Waals surface area contributed by atoms with Crippen LogP contribution in [0.1, 0.15) is 12.8 Å². The number of halogens is 2. The third-order valence-corrected chi connectivity index (χ3v) is 5.43. The van der Waals surface area contributed by atoms with Gasteiger partial charge in [-0.1, -0.05) is 11.6 Å². The molecule has 0 saturated carbocycles. The van der Waals surface area contributed by atoms with Gasteiger partial charge in [0.2, 0.25) is 0 Å². The standard InChI is InChI=1S/C13H19ClFN3O2S/c1-16-9-10-4-6-18(7-5-10)21(19,20)17-13-8-11(15)2-3-12(13)14/h2-3,8,10,16-17H,4-7,9H2,1H3. The summed E-state index contributed by atoms with van der Waals surface area (Å²) in [6.45, 7) is 1.79. The van der Waals surface area contributed by atoms with Crippen molar-refractivity contribution in [1.82, 2.24) is 9.62 Å². The van der Waals surface area contributed by atoms with Gasteiger partial charge in [0, 0.05) is 13.1 Å². The summed E-state index contributed by atoms with van der Waals surface area (Å²) >= 11 is 5.89. The lowest BCUT2D eigenvalue weighted by Crippen LogP contribution is -2.43. The lowest BCUT2D eigenvalue weighted by atomic mass is 9.98. The highest BCUT2D eigenvalue weighted by Gasteiger charge is 2.28. The highest BCUT2D eigenvalue weighted by atomic mass is 35.5. The number of nitrogens with one attached hydrogen (secondary N) is 2. The van der Waals surface area contributed by atoms with E-state index in [9.17, 15) is 12.8 Å². The molecule has 2 N–H and O–H groups in total. The van der Waals surface area contributed by atoms with Gasteiger partial charge in [-0.3, -0.25) is 4.72 Å². The molecule has 0 atom stereocenters. The summed E-state index contributed by atoms with van der Waals surface area (Å²) in [4.78, 5) is 0. The predicted molar refractivity (Wildman–Crippen MR) is 82.2 cm³/mol. The smallest absolute Gasteiger partial charge is 0.301 e. The van der Waals surface area contributed by atoms with E-state index in [1.165, 1.54) is 16.4 Å². The SMILES string of the molecule is CNCC1CCN(S(=O)(=O)Nc2cc(F)ccc2Cl)CC1. The molecule has 5 nitrogen and oxygen atoms in total. The zero-order valence-electron chi connectivity index (χ0n) is 11.8. The summed E-state index contributed by atoms with van der Waals surface area (Å²) in [5, 5.41) is 3.27. The molecule has 1 aliphatic rings. The molecular formula is C13H19ClFN3O2S. The van der Waals surface area contributed by atoms with Gasteiger partial charge in [0.1, 0.15) is 5.82 Å². The summed E-state index contributed by atoms with van der Waals surface area (Å²) in [7, 11) is -1.82. The molecule has 0 radical (unpaired) electrons. The Morgan fingerprint density at radius 1 is 1.38 bits per heavy atom. The molecule has 1 saturated heterocycles. The molecule has 0 aromatic heterocycles. The van der Waals surface area contributed by atoms with Crippen LogP contribution in [0, 0.1) is 11.7 Å². The van der Waals surface area contributed by atoms with Gasteiger partial charge in [-0.05, 0) is 50.6 Å². The monoisotopic (exact) mass is 335 g/mol. The largest absolute Gasteiger partial charge is 0.319 e. The normalized spacial score (nSPS) is 17.9. The van der Waals surface area contributed by atoms with Crippen LogP contribution >= 0.6 is 11.6 Å². The Morgan fingerprint density at radius 3 is 2.67 bits per heavy atom. The summed E-state index contributed by atoms with van der Waals surface area (Å²) in [5.74, 6) is -0.0518. The van der Waals surface area contributed by atoms with Crippen molar-refractivity contribution in [3.05, 3.63) is 29.0 Å². The number of benzene rings is 1. The highest BCUT2D eigenvalue weighted by Crippen LogP contribution is 2.26. The molecule has 0 unspecified atom stereocenters. The molecular weight excluding hydrogens is 317 g/mol. The third kappa shape index (κ3) is 4.29. The first kappa shape index (κ1) is 16.5. The van der Waals surface area contributed by atoms with Crippen molar-refractivity contribution in [3.8, 4) is 0 Å². The van der Waals surface area contributed by atoms with Crippen LogP contribution in [0.15, 0.2) is 18.2 Å². The Balaban J connectivity index is 2.04. The number of anilines is 1. The Kier molecular flexibility index (Phi) is 5.43. The molecule has 1 aromatic carbocycles. The maximum absolute atomic E-state index is 13.2. The Hall–Kier alpha value is -0.890. The Labute approximate surface area is 129 Å². The molecule has 0 bridgehead atoms. The lowest BCUT2D eigenvalue weighted by molar-refractivity contribution is 0.272. The van der Waals surface area contributed by atoms with Gasteiger partial charge in [-0.15, -0.1) is 0 Å². The van der Waals surface area contributed by atoms with Crippen molar-refractivity contribution >= 4 is 27.5 Å². The number of nitrogens with zero attached hydrogens (tertiary/aromatic N) is 1. The number of hydrogen-bond acceptors (Lipinski definition) is 3. The van der Waals surface area contributed by atoms with Crippen molar-refractivity contribution in [3.63, 3.8) is 0 Å². The zero-order valence-corrected chi connectivity index (χ0v) is 13.3. The van der Waals surface area contributed by atoms with E-state index >= 15 is 0 Å². The summed E-state index contributed by atoms with van der Waals surface area (Å²) in [5.41, 5.74) is 0.0639. The van der Waals surface area contributed by atoms with Crippen molar-refractivity contribution in [1.29, 1.82) is 0 Å². The van der Waals surface area contributed by atoms with Crippen molar-refractivity contribution in [2.45, 2.75) is 12.8 Å². The number of piperidine rings is 1. The van der Waals surface area contributed by atoms with E-state index in [1.807, 2.05) is 7.05 Å². The highest BCUT2D eigenvalue weighted by molar-refractivity contribution is 7.90. The topological polar surface area (TPSA) is 61.4 Å². The van der Waals surface area contributed by atoms with Crippen molar-refractivity contribution in [2.75, 3.05) is 31.4 Å². The van der Waals surface area contributed by atoms with Gasteiger partial charge >= 0.3 is 10.2 Å². The molecule has 8 heteroatoms. The fourth-order valence-electron chi connectivity index (χ4n) is 2.42. The average molecular weight is 336 g/mol. The van der Waals surface area contributed by atoms with E-state index in [0.29, 0.717) is 19.0 Å². The molecule has 0 spiro atoms. The van der Waals surface area contributed by atoms with Crippen LogP contribution in [0.25, 0.3) is 0 Å². The van der Waals surface area contributed by atoms with Gasteiger partial charge in [0.05, 0.1) is 10.7 Å². The second-order valence-electron chi connectivity index (χ2n) is 5.13. The van der Waals surface area contributed by atoms with Gasteiger partial charge < -0.3 is 5.32 Å². The van der Waals surface area contributed by atoms with E-state index in [2.05, 4.69) is 10.0 Å². The molecule has 0 amide bonds. The van der Waals surface area contributed by atoms with E-state index in [0.717, 1.165) is 25.5 Å². The van der Waals surface area contributed by atoms with E-state index in [1.54, 1.807) is 0 Å². The first-order chi connectivity index (χ1) is 9.92. The predicted octanol–water partition coefficient (Wildman–Crippen LogP) is 2.07. The fourth-order valence-corrected chi connectivity index (χ4v) is 3.91. The number of rotatable bonds is 5. The zero-order chi connectivity index (χ0) is 15.5. The third-order valence-electron chi connectivity index (χ3n) is 3.57. The van der Waals surface area contributed by atoms with Gasteiger partial charge in [0.25, 0.3) is 0 Å². The molecule has 1 heterocycles. The van der Waals surface area contributed by atoms with Gasteiger partial charge in [0.15, 0.2) is 0 Å². The van der Waals surface area contributed by atoms with Crippen LogP contribution in [-0.2, 0) is 10.2 Å². The quantitative estimate of drug-likeness (QED) is 0.866. The van der Waals surface area contributed by atoms with Crippen LogP contribution in [0.5, 0.6) is 0 Å². The maximum Gasteiger partial charge on any atom is 0.301 e. The minimum absolute atomic E-state index is 0.0639. The maximum atomic E-state index is 13.2. The summed E-state index contributed by atoms with van der Waals surface area (Å²) < 4.78 is 41.5.